The fourth-order valence-electron chi connectivity index (χ4n) is 1.29. The summed E-state index contributed by atoms with van der Waals surface area (Å²) >= 11 is 0. The Labute approximate surface area is 98.6 Å². The molecule has 0 spiro atoms. The lowest BCUT2D eigenvalue weighted by Crippen LogP contribution is -2.35. The van der Waals surface area contributed by atoms with Crippen LogP contribution in [0.15, 0.2) is 29.3 Å². The Morgan fingerprint density at radius 2 is 2.35 bits per heavy atom. The van der Waals surface area contributed by atoms with E-state index in [2.05, 4.69) is 4.99 Å². The van der Waals surface area contributed by atoms with Crippen LogP contribution in [0.2, 0.25) is 0 Å². The van der Waals surface area contributed by atoms with Crippen molar-refractivity contribution in [3.05, 3.63) is 39.9 Å². The van der Waals surface area contributed by atoms with Crippen LogP contribution in [0.4, 0.5) is 5.69 Å². The number of aliphatic imine (C=N–C) groups is 1. The molecule has 1 aromatic rings. The van der Waals surface area contributed by atoms with Crippen molar-refractivity contribution in [3.8, 4) is 0 Å². The Balaban J connectivity index is 2.88. The van der Waals surface area contributed by atoms with Gasteiger partial charge in [0.2, 0.25) is 0 Å². The molecule has 0 amide bonds. The first-order chi connectivity index (χ1) is 8.02. The number of benzene rings is 1. The van der Waals surface area contributed by atoms with Crippen molar-refractivity contribution in [3.63, 3.8) is 0 Å². The highest BCUT2D eigenvalue weighted by molar-refractivity contribution is 5.79. The molecule has 92 valence electrons. The minimum Gasteiger partial charge on any atom is -0.365 e. The van der Waals surface area contributed by atoms with Crippen molar-refractivity contribution < 1.29 is 5.03 Å². The van der Waals surface area contributed by atoms with Crippen molar-refractivity contribution in [2.24, 2.45) is 16.5 Å². The topological polar surface area (TPSA) is 120 Å². The Morgan fingerprint density at radius 3 is 2.94 bits per heavy atom. The van der Waals surface area contributed by atoms with E-state index in [1.165, 1.54) is 0 Å². The maximum absolute atomic E-state index is 10.1. The quantitative estimate of drug-likeness (QED) is 0.304. The Kier molecular flexibility index (Phi) is 4.41. The van der Waals surface area contributed by atoms with Gasteiger partial charge in [-0.2, -0.15) is 0 Å². The highest BCUT2D eigenvalue weighted by Crippen LogP contribution is 2.20. The van der Waals surface area contributed by atoms with E-state index in [1.807, 2.05) is 13.0 Å². The first-order valence-corrected chi connectivity index (χ1v) is 5.08. The molecule has 1 rings (SSSR count). The number of rotatable bonds is 4. The monoisotopic (exact) mass is 237 g/mol. The number of hydrogen-bond acceptors (Lipinski definition) is 4. The zero-order chi connectivity index (χ0) is 12.8. The number of nitro groups is 1. The van der Waals surface area contributed by atoms with Gasteiger partial charge in [-0.3, -0.25) is 0 Å². The molecule has 0 saturated heterocycles. The van der Waals surface area contributed by atoms with Gasteiger partial charge < -0.3 is 11.5 Å². The van der Waals surface area contributed by atoms with Crippen LogP contribution < -0.4 is 16.9 Å². The molecular weight excluding hydrogens is 222 g/mol. The molecule has 1 atom stereocenters. The molecule has 0 aliphatic rings. The van der Waals surface area contributed by atoms with Gasteiger partial charge in [0.1, 0.15) is 0 Å². The molecule has 1 unspecified atom stereocenters. The molecule has 0 bridgehead atoms. The number of nitrogens with two attached hydrogens (primary N) is 2. The highest BCUT2D eigenvalue weighted by Gasteiger charge is 2.04. The minimum atomic E-state index is -0.759. The summed E-state index contributed by atoms with van der Waals surface area (Å²) in [5, 5.41) is 9.38. The van der Waals surface area contributed by atoms with Crippen LogP contribution in [0.3, 0.4) is 0 Å². The zero-order valence-corrected chi connectivity index (χ0v) is 9.46. The van der Waals surface area contributed by atoms with Gasteiger partial charge in [0, 0.05) is 0 Å². The maximum Gasteiger partial charge on any atom is 0.256 e. The van der Waals surface area contributed by atoms with E-state index in [0.29, 0.717) is 12.2 Å². The molecule has 0 fully saturated rings. The van der Waals surface area contributed by atoms with Crippen molar-refractivity contribution in [1.29, 1.82) is 0 Å². The van der Waals surface area contributed by atoms with Crippen molar-refractivity contribution in [2.45, 2.75) is 12.8 Å². The van der Waals surface area contributed by atoms with Crippen LogP contribution in [-0.2, 0) is 0 Å². The van der Waals surface area contributed by atoms with Crippen LogP contribution in [0.1, 0.15) is 18.4 Å². The van der Waals surface area contributed by atoms with Gasteiger partial charge in [0.15, 0.2) is 5.03 Å². The predicted octanol–water partition coefficient (Wildman–Crippen LogP) is 0.476. The number of guanidine groups is 1. The number of hydrogen-bond donors (Lipinski definition) is 3. The van der Waals surface area contributed by atoms with Gasteiger partial charge >= 0.3 is 0 Å². The smallest absolute Gasteiger partial charge is 0.256 e. The average molecular weight is 237 g/mol. The summed E-state index contributed by atoms with van der Waals surface area (Å²) in [5.74, 6) is -0.0533. The third kappa shape index (κ3) is 4.07. The van der Waals surface area contributed by atoms with Crippen LogP contribution in [-0.4, -0.2) is 17.5 Å². The predicted molar refractivity (Wildman–Crippen MR) is 65.3 cm³/mol. The molecule has 0 aliphatic heterocycles. The Morgan fingerprint density at radius 1 is 1.65 bits per heavy atom. The molecule has 0 radical (unpaired) electrons. The van der Waals surface area contributed by atoms with E-state index < -0.39 is 5.03 Å². The molecule has 17 heavy (non-hydrogen) atoms. The third-order valence-electron chi connectivity index (χ3n) is 2.25. The summed E-state index contributed by atoms with van der Waals surface area (Å²) in [4.78, 5) is 14.0. The van der Waals surface area contributed by atoms with Crippen molar-refractivity contribution in [1.82, 2.24) is 5.43 Å². The molecular formula is C10H15N5O2. The average Bonchev–Trinajstić information content (AvgIpc) is 2.27. The highest BCUT2D eigenvalue weighted by atomic mass is 16.7. The summed E-state index contributed by atoms with van der Waals surface area (Å²) in [7, 11) is 0. The van der Waals surface area contributed by atoms with E-state index in [1.54, 1.807) is 23.6 Å². The first-order valence-electron chi connectivity index (χ1n) is 5.08. The van der Waals surface area contributed by atoms with Gasteiger partial charge in [-0.1, -0.05) is 24.5 Å². The zero-order valence-electron chi connectivity index (χ0n) is 9.46. The van der Waals surface area contributed by atoms with Gasteiger partial charge in [-0.25, -0.2) is 15.1 Å². The summed E-state index contributed by atoms with van der Waals surface area (Å²) in [5.41, 5.74) is 14.2. The SMILES string of the molecule is CC(CN)c1cccc(N=C(N)N[N+](=O)[O-])c1. The molecule has 0 heterocycles. The van der Waals surface area contributed by atoms with Crippen LogP contribution in [0.25, 0.3) is 0 Å². The van der Waals surface area contributed by atoms with Crippen molar-refractivity contribution >= 4 is 11.6 Å². The van der Waals surface area contributed by atoms with Gasteiger partial charge in [-0.05, 0) is 30.2 Å². The molecule has 0 aliphatic carbocycles. The first kappa shape index (κ1) is 12.9. The summed E-state index contributed by atoms with van der Waals surface area (Å²) in [6, 6.07) is 7.24. The van der Waals surface area contributed by atoms with Crippen LogP contribution in [0.5, 0.6) is 0 Å². The second kappa shape index (κ2) is 5.80. The fourth-order valence-corrected chi connectivity index (χ4v) is 1.29. The van der Waals surface area contributed by atoms with Crippen LogP contribution in [0, 0.1) is 10.1 Å². The molecule has 0 saturated carbocycles. The summed E-state index contributed by atoms with van der Waals surface area (Å²) in [6.45, 7) is 2.51. The molecule has 1 aromatic carbocycles. The summed E-state index contributed by atoms with van der Waals surface area (Å²) < 4.78 is 0. The second-order valence-electron chi connectivity index (χ2n) is 3.60. The Bertz CT molecular complexity index is 432. The van der Waals surface area contributed by atoms with Gasteiger partial charge in [0.05, 0.1) is 5.69 Å². The van der Waals surface area contributed by atoms with Crippen molar-refractivity contribution in [2.75, 3.05) is 6.54 Å². The molecule has 5 N–H and O–H groups in total. The van der Waals surface area contributed by atoms with E-state index in [9.17, 15) is 10.1 Å². The van der Waals surface area contributed by atoms with E-state index in [4.69, 9.17) is 11.5 Å². The molecule has 0 aromatic heterocycles. The van der Waals surface area contributed by atoms with Gasteiger partial charge in [0.25, 0.3) is 5.96 Å². The minimum absolute atomic E-state index is 0.204. The molecule has 7 nitrogen and oxygen atoms in total. The van der Waals surface area contributed by atoms with Gasteiger partial charge in [-0.15, -0.1) is 0 Å². The molecule has 7 heteroatoms. The lowest BCUT2D eigenvalue weighted by atomic mass is 10.0. The normalized spacial score (nSPS) is 13.2. The largest absolute Gasteiger partial charge is 0.365 e. The third-order valence-corrected chi connectivity index (χ3v) is 2.25. The van der Waals surface area contributed by atoms with E-state index >= 15 is 0 Å². The number of hydrazine groups is 1. The Hall–Kier alpha value is -2.15. The van der Waals surface area contributed by atoms with E-state index in [0.717, 1.165) is 5.56 Å². The lowest BCUT2D eigenvalue weighted by Gasteiger charge is -2.08. The van der Waals surface area contributed by atoms with E-state index in [-0.39, 0.29) is 11.9 Å². The fraction of sp³-hybridized carbons (Fsp3) is 0.300. The number of nitrogens with one attached hydrogen (secondary N) is 1. The van der Waals surface area contributed by atoms with Crippen LogP contribution >= 0.6 is 0 Å². The number of nitrogens with zero attached hydrogens (tertiary/aromatic N) is 2. The summed E-state index contributed by atoms with van der Waals surface area (Å²) in [6.07, 6.45) is 0. The lowest BCUT2D eigenvalue weighted by molar-refractivity contribution is -0.525. The maximum atomic E-state index is 10.1. The standard InChI is InChI=1S/C10H15N5O2/c1-7(6-11)8-3-2-4-9(5-8)13-10(12)14-15(16)17/h2-5,7H,6,11H2,1H3,(H3,12,13,14). The second-order valence-corrected chi connectivity index (χ2v) is 3.60.